The van der Waals surface area contributed by atoms with Crippen LogP contribution in [0.5, 0.6) is 0 Å². The Bertz CT molecular complexity index is 544. The monoisotopic (exact) mass is 364 g/mol. The summed E-state index contributed by atoms with van der Waals surface area (Å²) in [6.45, 7) is 7.05. The number of rotatable bonds is 5. The lowest BCUT2D eigenvalue weighted by atomic mass is 9.99. The zero-order valence-electron chi connectivity index (χ0n) is 16.3. The molecule has 2 amide bonds. The van der Waals surface area contributed by atoms with Crippen LogP contribution in [0.2, 0.25) is 0 Å². The number of amides is 2. The molecule has 0 bridgehead atoms. The van der Waals surface area contributed by atoms with Crippen LogP contribution in [0.15, 0.2) is 0 Å². The van der Waals surface area contributed by atoms with E-state index in [1.54, 1.807) is 0 Å². The fourth-order valence-electron chi connectivity index (χ4n) is 3.75. The third-order valence-corrected chi connectivity index (χ3v) is 5.03. The van der Waals surface area contributed by atoms with Crippen molar-refractivity contribution >= 4 is 12.0 Å². The predicted octanol–water partition coefficient (Wildman–Crippen LogP) is 2.32. The number of hydrogen-bond acceptors (Lipinski definition) is 5. The first-order valence-electron chi connectivity index (χ1n) is 9.66. The van der Waals surface area contributed by atoms with Crippen molar-refractivity contribution in [3.63, 3.8) is 0 Å². The zero-order chi connectivity index (χ0) is 19.2. The van der Waals surface area contributed by atoms with Gasteiger partial charge in [-0.15, -0.1) is 0 Å². The second-order valence-corrected chi connectivity index (χ2v) is 8.45. The molecule has 1 saturated carbocycles. The first-order valence-corrected chi connectivity index (χ1v) is 9.66. The average molecular weight is 364 g/mol. The van der Waals surface area contributed by atoms with E-state index in [1.807, 2.05) is 20.8 Å². The van der Waals surface area contributed by atoms with Gasteiger partial charge in [-0.2, -0.15) is 5.26 Å². The SMILES string of the molecule is CC(C)(C)OC(=O)NC[C@@H]1CCCCN1CC(=O)NC1(C#N)CCCC1. The van der Waals surface area contributed by atoms with Crippen molar-refractivity contribution in [2.24, 2.45) is 0 Å². The molecule has 7 heteroatoms. The lowest BCUT2D eigenvalue weighted by molar-refractivity contribution is -0.124. The van der Waals surface area contributed by atoms with Gasteiger partial charge in [0.2, 0.25) is 5.91 Å². The molecular formula is C19H32N4O3. The van der Waals surface area contributed by atoms with Gasteiger partial charge >= 0.3 is 6.09 Å². The number of nitrogens with zero attached hydrogens (tertiary/aromatic N) is 2. The number of piperidine rings is 1. The van der Waals surface area contributed by atoms with Crippen LogP contribution in [0.3, 0.4) is 0 Å². The molecule has 2 aliphatic rings. The van der Waals surface area contributed by atoms with Crippen LogP contribution in [0.25, 0.3) is 0 Å². The molecule has 0 aromatic rings. The number of nitrogens with one attached hydrogen (secondary N) is 2. The fraction of sp³-hybridized carbons (Fsp3) is 0.842. The largest absolute Gasteiger partial charge is 0.444 e. The molecular weight excluding hydrogens is 332 g/mol. The van der Waals surface area contributed by atoms with E-state index in [0.717, 1.165) is 51.5 Å². The highest BCUT2D eigenvalue weighted by molar-refractivity contribution is 5.79. The molecule has 2 rings (SSSR count). The van der Waals surface area contributed by atoms with Gasteiger partial charge in [-0.3, -0.25) is 9.69 Å². The molecule has 2 N–H and O–H groups in total. The van der Waals surface area contributed by atoms with Crippen molar-refractivity contribution in [2.45, 2.75) is 82.9 Å². The topological polar surface area (TPSA) is 94.5 Å². The molecule has 0 radical (unpaired) electrons. The van der Waals surface area contributed by atoms with Crippen molar-refractivity contribution in [1.29, 1.82) is 5.26 Å². The second kappa shape index (κ2) is 8.72. The van der Waals surface area contributed by atoms with E-state index in [0.29, 0.717) is 6.54 Å². The molecule has 0 aromatic heterocycles. The van der Waals surface area contributed by atoms with Crippen LogP contribution in [0, 0.1) is 11.3 Å². The highest BCUT2D eigenvalue weighted by atomic mass is 16.6. The van der Waals surface area contributed by atoms with E-state index in [2.05, 4.69) is 21.6 Å². The smallest absolute Gasteiger partial charge is 0.407 e. The van der Waals surface area contributed by atoms with E-state index in [4.69, 9.17) is 4.74 Å². The number of nitriles is 1. The van der Waals surface area contributed by atoms with E-state index in [-0.39, 0.29) is 18.5 Å². The molecule has 1 heterocycles. The van der Waals surface area contributed by atoms with E-state index in [9.17, 15) is 14.9 Å². The fourth-order valence-corrected chi connectivity index (χ4v) is 3.75. The summed E-state index contributed by atoms with van der Waals surface area (Å²) in [5.41, 5.74) is -1.21. The zero-order valence-corrected chi connectivity index (χ0v) is 16.3. The first-order chi connectivity index (χ1) is 12.2. The van der Waals surface area contributed by atoms with Crippen LogP contribution < -0.4 is 10.6 Å². The summed E-state index contributed by atoms with van der Waals surface area (Å²) in [5.74, 6) is -0.0994. The van der Waals surface area contributed by atoms with Gasteiger partial charge in [-0.25, -0.2) is 4.79 Å². The molecule has 0 aromatic carbocycles. The van der Waals surface area contributed by atoms with E-state index in [1.165, 1.54) is 0 Å². The molecule has 2 fully saturated rings. The summed E-state index contributed by atoms with van der Waals surface area (Å²) in [5, 5.41) is 15.2. The van der Waals surface area contributed by atoms with Crippen molar-refractivity contribution in [3.8, 4) is 6.07 Å². The molecule has 7 nitrogen and oxygen atoms in total. The minimum Gasteiger partial charge on any atom is -0.444 e. The van der Waals surface area contributed by atoms with Crippen LogP contribution in [-0.4, -0.2) is 53.7 Å². The normalized spacial score (nSPS) is 23.1. The Morgan fingerprint density at radius 1 is 1.23 bits per heavy atom. The van der Waals surface area contributed by atoms with Crippen molar-refractivity contribution < 1.29 is 14.3 Å². The maximum Gasteiger partial charge on any atom is 0.407 e. The van der Waals surface area contributed by atoms with E-state index < -0.39 is 17.2 Å². The summed E-state index contributed by atoms with van der Waals surface area (Å²) in [4.78, 5) is 26.5. The molecule has 146 valence electrons. The van der Waals surface area contributed by atoms with Crippen LogP contribution in [0.1, 0.15) is 65.7 Å². The van der Waals surface area contributed by atoms with Crippen LogP contribution >= 0.6 is 0 Å². The third kappa shape index (κ3) is 6.17. The Balaban J connectivity index is 1.85. The third-order valence-electron chi connectivity index (χ3n) is 5.03. The van der Waals surface area contributed by atoms with Gasteiger partial charge in [0.05, 0.1) is 12.6 Å². The Morgan fingerprint density at radius 3 is 2.54 bits per heavy atom. The van der Waals surface area contributed by atoms with Crippen molar-refractivity contribution in [3.05, 3.63) is 0 Å². The second-order valence-electron chi connectivity index (χ2n) is 8.45. The van der Waals surface area contributed by atoms with Gasteiger partial charge in [-0.1, -0.05) is 6.42 Å². The summed E-state index contributed by atoms with van der Waals surface area (Å²) in [7, 11) is 0. The summed E-state index contributed by atoms with van der Waals surface area (Å²) in [6.07, 6.45) is 6.08. The Hall–Kier alpha value is -1.81. The van der Waals surface area contributed by atoms with Crippen molar-refractivity contribution in [2.75, 3.05) is 19.6 Å². The van der Waals surface area contributed by atoms with Gasteiger partial charge in [0.15, 0.2) is 0 Å². The number of ether oxygens (including phenoxy) is 1. The highest BCUT2D eigenvalue weighted by Crippen LogP contribution is 2.29. The number of carbonyl (C=O) groups is 2. The number of likely N-dealkylation sites (tertiary alicyclic amines) is 1. The van der Waals surface area contributed by atoms with Crippen LogP contribution in [-0.2, 0) is 9.53 Å². The molecule has 1 atom stereocenters. The van der Waals surface area contributed by atoms with Crippen LogP contribution in [0.4, 0.5) is 4.79 Å². The van der Waals surface area contributed by atoms with Gasteiger partial charge in [0.1, 0.15) is 11.1 Å². The molecule has 0 spiro atoms. The van der Waals surface area contributed by atoms with Crippen molar-refractivity contribution in [1.82, 2.24) is 15.5 Å². The lowest BCUT2D eigenvalue weighted by Crippen LogP contribution is -2.53. The average Bonchev–Trinajstić information content (AvgIpc) is 3.01. The lowest BCUT2D eigenvalue weighted by Gasteiger charge is -2.36. The maximum atomic E-state index is 12.5. The highest BCUT2D eigenvalue weighted by Gasteiger charge is 2.36. The number of hydrogen-bond donors (Lipinski definition) is 2. The summed E-state index contributed by atoms with van der Waals surface area (Å²) < 4.78 is 5.28. The molecule has 0 unspecified atom stereocenters. The summed E-state index contributed by atoms with van der Waals surface area (Å²) in [6, 6.07) is 2.41. The maximum absolute atomic E-state index is 12.5. The standard InChI is InChI=1S/C19H32N4O3/c1-18(2,3)26-17(25)21-12-15-8-4-7-11-23(15)13-16(24)22-19(14-20)9-5-6-10-19/h15H,4-13H2,1-3H3,(H,21,25)(H,22,24)/t15-/m0/s1. The number of carbonyl (C=O) groups excluding carboxylic acids is 2. The van der Waals surface area contributed by atoms with Gasteiger partial charge in [0, 0.05) is 12.6 Å². The molecule has 1 aliphatic carbocycles. The quantitative estimate of drug-likeness (QED) is 0.781. The Kier molecular flexibility index (Phi) is 6.87. The van der Waals surface area contributed by atoms with E-state index >= 15 is 0 Å². The number of alkyl carbamates (subject to hydrolysis) is 1. The molecule has 1 saturated heterocycles. The van der Waals surface area contributed by atoms with Gasteiger partial charge < -0.3 is 15.4 Å². The summed E-state index contributed by atoms with van der Waals surface area (Å²) >= 11 is 0. The Labute approximate surface area is 156 Å². The Morgan fingerprint density at radius 2 is 1.92 bits per heavy atom. The first kappa shape index (κ1) is 20.5. The van der Waals surface area contributed by atoms with Gasteiger partial charge in [-0.05, 0) is 65.8 Å². The molecule has 1 aliphatic heterocycles. The minimum absolute atomic E-state index is 0.0994. The predicted molar refractivity (Wildman–Crippen MR) is 98.4 cm³/mol. The van der Waals surface area contributed by atoms with Gasteiger partial charge in [0.25, 0.3) is 0 Å². The molecule has 26 heavy (non-hydrogen) atoms. The minimum atomic E-state index is -0.683.